The molecule has 0 aliphatic carbocycles. The average molecular weight is 213 g/mol. The number of hydrogen-bond donors (Lipinski definition) is 2. The van der Waals surface area contributed by atoms with Crippen LogP contribution in [0.15, 0.2) is 12.1 Å². The average Bonchev–Trinajstić information content (AvgIpc) is 2.49. The van der Waals surface area contributed by atoms with Gasteiger partial charge in [-0.25, -0.2) is 0 Å². The van der Waals surface area contributed by atoms with Gasteiger partial charge in [0.1, 0.15) is 0 Å². The summed E-state index contributed by atoms with van der Waals surface area (Å²) in [6, 6.07) is 3.75. The van der Waals surface area contributed by atoms with Crippen molar-refractivity contribution in [2.75, 3.05) is 0 Å². The zero-order chi connectivity index (χ0) is 10.7. The van der Waals surface area contributed by atoms with Crippen LogP contribution in [-0.4, -0.2) is 17.1 Å². The minimum atomic E-state index is -0.836. The second kappa shape index (κ2) is 4.57. The van der Waals surface area contributed by atoms with E-state index in [0.717, 1.165) is 4.88 Å². The smallest absolute Gasteiger partial charge is 0.304 e. The van der Waals surface area contributed by atoms with Gasteiger partial charge in [0, 0.05) is 21.7 Å². The molecular weight excluding hydrogens is 198 g/mol. The molecule has 78 valence electrons. The molecule has 0 amide bonds. The molecule has 1 rings (SSSR count). The van der Waals surface area contributed by atoms with E-state index in [2.05, 4.69) is 0 Å². The van der Waals surface area contributed by atoms with E-state index in [-0.39, 0.29) is 18.4 Å². The maximum Gasteiger partial charge on any atom is 0.304 e. The Morgan fingerprint density at radius 2 is 2.29 bits per heavy atom. The van der Waals surface area contributed by atoms with Crippen molar-refractivity contribution in [3.05, 3.63) is 21.9 Å². The van der Waals surface area contributed by atoms with Crippen LogP contribution in [0.25, 0.3) is 0 Å². The van der Waals surface area contributed by atoms with Crippen molar-refractivity contribution in [2.24, 2.45) is 5.73 Å². The SMILES string of the molecule is Cc1ccc(C(C)C(N)CC(=O)O)s1. The Hall–Kier alpha value is -0.870. The molecule has 1 heterocycles. The zero-order valence-electron chi connectivity index (χ0n) is 8.36. The van der Waals surface area contributed by atoms with Gasteiger partial charge in [0.2, 0.25) is 0 Å². The van der Waals surface area contributed by atoms with Gasteiger partial charge in [-0.15, -0.1) is 11.3 Å². The Kier molecular flexibility index (Phi) is 3.66. The van der Waals surface area contributed by atoms with Crippen molar-refractivity contribution in [3.8, 4) is 0 Å². The first-order chi connectivity index (χ1) is 6.50. The van der Waals surface area contributed by atoms with Gasteiger partial charge in [0.25, 0.3) is 0 Å². The lowest BCUT2D eigenvalue weighted by molar-refractivity contribution is -0.137. The molecule has 2 unspecified atom stereocenters. The lowest BCUT2D eigenvalue weighted by atomic mass is 9.98. The molecule has 3 nitrogen and oxygen atoms in total. The third-order valence-corrected chi connectivity index (χ3v) is 3.46. The number of hydrogen-bond acceptors (Lipinski definition) is 3. The molecule has 1 aromatic rings. The van der Waals surface area contributed by atoms with Crippen LogP contribution < -0.4 is 5.73 Å². The molecule has 0 aliphatic heterocycles. The molecule has 14 heavy (non-hydrogen) atoms. The molecule has 0 saturated heterocycles. The monoisotopic (exact) mass is 213 g/mol. The molecule has 0 spiro atoms. The predicted octanol–water partition coefficient (Wildman–Crippen LogP) is 1.96. The number of aryl methyl sites for hydroxylation is 1. The maximum atomic E-state index is 10.5. The highest BCUT2D eigenvalue weighted by molar-refractivity contribution is 7.12. The van der Waals surface area contributed by atoms with Crippen LogP contribution in [0.5, 0.6) is 0 Å². The van der Waals surface area contributed by atoms with Crippen LogP contribution in [-0.2, 0) is 4.79 Å². The van der Waals surface area contributed by atoms with Gasteiger partial charge in [-0.3, -0.25) is 4.79 Å². The molecule has 1 aromatic heterocycles. The van der Waals surface area contributed by atoms with Gasteiger partial charge in [-0.05, 0) is 19.1 Å². The van der Waals surface area contributed by atoms with Crippen molar-refractivity contribution < 1.29 is 9.90 Å². The Bertz CT molecular complexity index is 322. The Balaban J connectivity index is 2.65. The molecule has 0 fully saturated rings. The minimum Gasteiger partial charge on any atom is -0.481 e. The highest BCUT2D eigenvalue weighted by Gasteiger charge is 2.18. The van der Waals surface area contributed by atoms with Crippen LogP contribution in [0.3, 0.4) is 0 Å². The van der Waals surface area contributed by atoms with Crippen molar-refractivity contribution in [1.29, 1.82) is 0 Å². The predicted molar refractivity (Wildman–Crippen MR) is 57.7 cm³/mol. The fourth-order valence-corrected chi connectivity index (χ4v) is 2.29. The Morgan fingerprint density at radius 3 is 2.71 bits per heavy atom. The summed E-state index contributed by atoms with van der Waals surface area (Å²) in [7, 11) is 0. The summed E-state index contributed by atoms with van der Waals surface area (Å²) in [6.45, 7) is 4.00. The number of carboxylic acid groups (broad SMARTS) is 1. The van der Waals surface area contributed by atoms with E-state index in [1.807, 2.05) is 26.0 Å². The molecule has 3 N–H and O–H groups in total. The number of rotatable bonds is 4. The largest absolute Gasteiger partial charge is 0.481 e. The fraction of sp³-hybridized carbons (Fsp3) is 0.500. The van der Waals surface area contributed by atoms with E-state index >= 15 is 0 Å². The first-order valence-corrected chi connectivity index (χ1v) is 5.36. The molecule has 2 atom stereocenters. The zero-order valence-corrected chi connectivity index (χ0v) is 9.17. The van der Waals surface area contributed by atoms with E-state index < -0.39 is 5.97 Å². The van der Waals surface area contributed by atoms with E-state index in [1.54, 1.807) is 11.3 Å². The normalized spacial score (nSPS) is 15.1. The highest BCUT2D eigenvalue weighted by Crippen LogP contribution is 2.26. The van der Waals surface area contributed by atoms with E-state index in [1.165, 1.54) is 4.88 Å². The Labute approximate surface area is 87.6 Å². The van der Waals surface area contributed by atoms with Crippen molar-refractivity contribution in [3.63, 3.8) is 0 Å². The van der Waals surface area contributed by atoms with Crippen molar-refractivity contribution in [1.82, 2.24) is 0 Å². The molecule has 0 saturated carbocycles. The summed E-state index contributed by atoms with van der Waals surface area (Å²) in [5.41, 5.74) is 5.79. The number of nitrogens with two attached hydrogens (primary N) is 1. The van der Waals surface area contributed by atoms with E-state index in [4.69, 9.17) is 10.8 Å². The molecule has 0 bridgehead atoms. The van der Waals surface area contributed by atoms with Gasteiger partial charge in [-0.2, -0.15) is 0 Å². The third-order valence-electron chi connectivity index (χ3n) is 2.26. The van der Waals surface area contributed by atoms with Crippen LogP contribution >= 0.6 is 11.3 Å². The molecular formula is C10H15NO2S. The van der Waals surface area contributed by atoms with Crippen molar-refractivity contribution >= 4 is 17.3 Å². The summed E-state index contributed by atoms with van der Waals surface area (Å²) in [4.78, 5) is 12.9. The van der Waals surface area contributed by atoms with Gasteiger partial charge < -0.3 is 10.8 Å². The van der Waals surface area contributed by atoms with Gasteiger partial charge >= 0.3 is 5.97 Å². The standard InChI is InChI=1S/C10H15NO2S/c1-6-3-4-9(14-6)7(2)8(11)5-10(12)13/h3-4,7-8H,5,11H2,1-2H3,(H,12,13). The maximum absolute atomic E-state index is 10.5. The topological polar surface area (TPSA) is 63.3 Å². The highest BCUT2D eigenvalue weighted by atomic mass is 32.1. The summed E-state index contributed by atoms with van der Waals surface area (Å²) < 4.78 is 0. The minimum absolute atomic E-state index is 0.0259. The van der Waals surface area contributed by atoms with Gasteiger partial charge in [0.15, 0.2) is 0 Å². The lowest BCUT2D eigenvalue weighted by Gasteiger charge is -2.16. The number of aliphatic carboxylic acids is 1. The van der Waals surface area contributed by atoms with E-state index in [0.29, 0.717) is 0 Å². The quantitative estimate of drug-likeness (QED) is 0.803. The van der Waals surface area contributed by atoms with Crippen LogP contribution in [0.1, 0.15) is 29.0 Å². The number of thiophene rings is 1. The summed E-state index contributed by atoms with van der Waals surface area (Å²) in [5, 5.41) is 8.61. The molecule has 0 aromatic carbocycles. The number of carboxylic acids is 1. The third kappa shape index (κ3) is 2.82. The first-order valence-electron chi connectivity index (χ1n) is 4.54. The van der Waals surface area contributed by atoms with Crippen LogP contribution in [0.2, 0.25) is 0 Å². The van der Waals surface area contributed by atoms with Gasteiger partial charge in [0.05, 0.1) is 6.42 Å². The first kappa shape index (κ1) is 11.2. The second-order valence-corrected chi connectivity index (χ2v) is 4.82. The number of carbonyl (C=O) groups is 1. The van der Waals surface area contributed by atoms with Gasteiger partial charge in [-0.1, -0.05) is 6.92 Å². The van der Waals surface area contributed by atoms with E-state index in [9.17, 15) is 4.79 Å². The molecule has 0 aliphatic rings. The summed E-state index contributed by atoms with van der Waals surface area (Å²) in [5.74, 6) is -0.720. The molecule has 0 radical (unpaired) electrons. The van der Waals surface area contributed by atoms with Crippen molar-refractivity contribution in [2.45, 2.75) is 32.2 Å². The molecule has 4 heteroatoms. The fourth-order valence-electron chi connectivity index (χ4n) is 1.29. The Morgan fingerprint density at radius 1 is 1.64 bits per heavy atom. The summed E-state index contributed by atoms with van der Waals surface area (Å²) >= 11 is 1.68. The summed E-state index contributed by atoms with van der Waals surface area (Å²) in [6.07, 6.45) is 0.0259. The lowest BCUT2D eigenvalue weighted by Crippen LogP contribution is -2.29. The van der Waals surface area contributed by atoms with Crippen LogP contribution in [0.4, 0.5) is 0 Å². The second-order valence-electron chi connectivity index (χ2n) is 3.50. The van der Waals surface area contributed by atoms with Crippen LogP contribution in [0, 0.1) is 6.92 Å².